The molecule has 1 fully saturated rings. The van der Waals surface area contributed by atoms with Crippen molar-refractivity contribution in [3.63, 3.8) is 0 Å². The topological polar surface area (TPSA) is 52.3 Å². The summed E-state index contributed by atoms with van der Waals surface area (Å²) < 4.78 is 10.5. The third-order valence-electron chi connectivity index (χ3n) is 2.46. The first-order valence-corrected chi connectivity index (χ1v) is 4.83. The van der Waals surface area contributed by atoms with E-state index in [4.69, 9.17) is 9.26 Å². The van der Waals surface area contributed by atoms with Crippen LogP contribution in [-0.2, 0) is 11.2 Å². The van der Waals surface area contributed by atoms with E-state index in [1.807, 2.05) is 0 Å². The maximum Gasteiger partial charge on any atom is 0.164 e. The Morgan fingerprint density at radius 2 is 2.57 bits per heavy atom. The van der Waals surface area contributed by atoms with Crippen LogP contribution < -0.4 is 0 Å². The van der Waals surface area contributed by atoms with Gasteiger partial charge in [-0.15, -0.1) is 0 Å². The van der Waals surface area contributed by atoms with Crippen LogP contribution in [0.1, 0.15) is 35.9 Å². The molecule has 2 heterocycles. The lowest BCUT2D eigenvalue weighted by atomic mass is 10.1. The second-order valence-corrected chi connectivity index (χ2v) is 3.56. The van der Waals surface area contributed by atoms with E-state index in [-0.39, 0.29) is 11.9 Å². The number of hydrogen-bond acceptors (Lipinski definition) is 4. The SMILES string of the molecule is CC(=O)c1cnoc1CC1CCCO1. The van der Waals surface area contributed by atoms with Gasteiger partial charge in [0.05, 0.1) is 17.9 Å². The third kappa shape index (κ3) is 1.85. The largest absolute Gasteiger partial charge is 0.378 e. The van der Waals surface area contributed by atoms with Gasteiger partial charge in [0, 0.05) is 13.0 Å². The summed E-state index contributed by atoms with van der Waals surface area (Å²) in [5.74, 6) is 0.656. The van der Waals surface area contributed by atoms with E-state index in [1.165, 1.54) is 13.1 Å². The Morgan fingerprint density at radius 1 is 1.71 bits per heavy atom. The van der Waals surface area contributed by atoms with Crippen LogP contribution in [-0.4, -0.2) is 23.7 Å². The Kier molecular flexibility index (Phi) is 2.63. The molecular weight excluding hydrogens is 182 g/mol. The second kappa shape index (κ2) is 3.92. The van der Waals surface area contributed by atoms with Crippen LogP contribution in [0.2, 0.25) is 0 Å². The number of ketones is 1. The Labute approximate surface area is 82.2 Å². The molecule has 2 rings (SSSR count). The second-order valence-electron chi connectivity index (χ2n) is 3.56. The Hall–Kier alpha value is -1.16. The standard InChI is InChI=1S/C10H13NO3/c1-7(12)9-6-11-14-10(9)5-8-3-2-4-13-8/h6,8H,2-5H2,1H3. The molecule has 0 amide bonds. The van der Waals surface area contributed by atoms with Gasteiger partial charge in [-0.25, -0.2) is 0 Å². The first-order chi connectivity index (χ1) is 6.77. The summed E-state index contributed by atoms with van der Waals surface area (Å²) in [5, 5.41) is 3.63. The number of hydrogen-bond donors (Lipinski definition) is 0. The molecule has 0 aromatic carbocycles. The molecule has 1 aromatic heterocycles. The van der Waals surface area contributed by atoms with Crippen LogP contribution in [0, 0.1) is 0 Å². The lowest BCUT2D eigenvalue weighted by molar-refractivity contribution is 0.0992. The van der Waals surface area contributed by atoms with Gasteiger partial charge in [-0.2, -0.15) is 0 Å². The Bertz CT molecular complexity index is 326. The van der Waals surface area contributed by atoms with E-state index in [0.717, 1.165) is 19.4 Å². The maximum atomic E-state index is 11.2. The number of ether oxygens (including phenoxy) is 1. The Balaban J connectivity index is 2.07. The quantitative estimate of drug-likeness (QED) is 0.687. The smallest absolute Gasteiger partial charge is 0.164 e. The molecule has 4 heteroatoms. The highest BCUT2D eigenvalue weighted by Gasteiger charge is 2.21. The van der Waals surface area contributed by atoms with Crippen molar-refractivity contribution in [2.45, 2.75) is 32.3 Å². The van der Waals surface area contributed by atoms with E-state index in [9.17, 15) is 4.79 Å². The highest BCUT2D eigenvalue weighted by Crippen LogP contribution is 2.19. The van der Waals surface area contributed by atoms with Crippen molar-refractivity contribution in [2.75, 3.05) is 6.61 Å². The zero-order chi connectivity index (χ0) is 9.97. The van der Waals surface area contributed by atoms with Gasteiger partial charge < -0.3 is 9.26 Å². The number of Topliss-reactive ketones (excluding diaryl/α,β-unsaturated/α-hetero) is 1. The van der Waals surface area contributed by atoms with Crippen molar-refractivity contribution < 1.29 is 14.1 Å². The van der Waals surface area contributed by atoms with Gasteiger partial charge in [-0.1, -0.05) is 5.16 Å². The molecule has 76 valence electrons. The first kappa shape index (κ1) is 9.40. The van der Waals surface area contributed by atoms with Crippen LogP contribution >= 0.6 is 0 Å². The molecule has 0 radical (unpaired) electrons. The maximum absolute atomic E-state index is 11.2. The molecule has 0 spiro atoms. The average Bonchev–Trinajstić information content (AvgIpc) is 2.75. The third-order valence-corrected chi connectivity index (χ3v) is 2.46. The predicted octanol–water partition coefficient (Wildman–Crippen LogP) is 1.60. The average molecular weight is 195 g/mol. The van der Waals surface area contributed by atoms with Gasteiger partial charge in [0.15, 0.2) is 5.78 Å². The molecule has 0 saturated carbocycles. The minimum Gasteiger partial charge on any atom is -0.378 e. The van der Waals surface area contributed by atoms with E-state index < -0.39 is 0 Å². The van der Waals surface area contributed by atoms with E-state index in [1.54, 1.807) is 0 Å². The zero-order valence-electron chi connectivity index (χ0n) is 8.16. The monoisotopic (exact) mass is 195 g/mol. The summed E-state index contributed by atoms with van der Waals surface area (Å²) in [7, 11) is 0. The molecule has 1 unspecified atom stereocenters. The molecule has 14 heavy (non-hydrogen) atoms. The van der Waals surface area contributed by atoms with Crippen LogP contribution in [0.25, 0.3) is 0 Å². The summed E-state index contributed by atoms with van der Waals surface area (Å²) >= 11 is 0. The number of carbonyl (C=O) groups is 1. The molecule has 1 atom stereocenters. The van der Waals surface area contributed by atoms with Crippen molar-refractivity contribution in [1.29, 1.82) is 0 Å². The van der Waals surface area contributed by atoms with E-state index >= 15 is 0 Å². The molecule has 0 aliphatic carbocycles. The van der Waals surface area contributed by atoms with Gasteiger partial charge in [0.1, 0.15) is 5.76 Å². The van der Waals surface area contributed by atoms with Gasteiger partial charge in [-0.3, -0.25) is 4.79 Å². The summed E-state index contributed by atoms with van der Waals surface area (Å²) in [6.07, 6.45) is 4.47. The first-order valence-electron chi connectivity index (χ1n) is 4.83. The Morgan fingerprint density at radius 3 is 3.21 bits per heavy atom. The van der Waals surface area contributed by atoms with Crippen molar-refractivity contribution >= 4 is 5.78 Å². The number of aromatic nitrogens is 1. The molecule has 1 saturated heterocycles. The zero-order valence-corrected chi connectivity index (χ0v) is 8.16. The van der Waals surface area contributed by atoms with Crippen molar-refractivity contribution in [1.82, 2.24) is 5.16 Å². The molecular formula is C10H13NO3. The molecule has 1 aliphatic heterocycles. The normalized spacial score (nSPS) is 21.4. The molecule has 1 aromatic rings. The van der Waals surface area contributed by atoms with Crippen molar-refractivity contribution in [2.24, 2.45) is 0 Å². The predicted molar refractivity (Wildman–Crippen MR) is 49.2 cm³/mol. The fourth-order valence-corrected chi connectivity index (χ4v) is 1.71. The number of nitrogens with zero attached hydrogens (tertiary/aromatic N) is 1. The van der Waals surface area contributed by atoms with Crippen LogP contribution in [0.5, 0.6) is 0 Å². The number of carbonyl (C=O) groups excluding carboxylic acids is 1. The van der Waals surface area contributed by atoms with Crippen molar-refractivity contribution in [3.8, 4) is 0 Å². The van der Waals surface area contributed by atoms with E-state index in [2.05, 4.69) is 5.16 Å². The summed E-state index contributed by atoms with van der Waals surface area (Å²) in [6, 6.07) is 0. The van der Waals surface area contributed by atoms with Crippen LogP contribution in [0.4, 0.5) is 0 Å². The van der Waals surface area contributed by atoms with Crippen LogP contribution in [0.3, 0.4) is 0 Å². The van der Waals surface area contributed by atoms with E-state index in [0.29, 0.717) is 17.7 Å². The van der Waals surface area contributed by atoms with Gasteiger partial charge >= 0.3 is 0 Å². The molecule has 0 bridgehead atoms. The fourth-order valence-electron chi connectivity index (χ4n) is 1.71. The fraction of sp³-hybridized carbons (Fsp3) is 0.600. The highest BCUT2D eigenvalue weighted by atomic mass is 16.5. The summed E-state index contributed by atoms with van der Waals surface area (Å²) in [4.78, 5) is 11.2. The highest BCUT2D eigenvalue weighted by molar-refractivity contribution is 5.94. The van der Waals surface area contributed by atoms with Crippen molar-refractivity contribution in [3.05, 3.63) is 17.5 Å². The minimum absolute atomic E-state index is 0.000697. The van der Waals surface area contributed by atoms with Crippen LogP contribution in [0.15, 0.2) is 10.7 Å². The molecule has 4 nitrogen and oxygen atoms in total. The molecule has 1 aliphatic rings. The van der Waals surface area contributed by atoms with Gasteiger partial charge in [-0.05, 0) is 19.8 Å². The summed E-state index contributed by atoms with van der Waals surface area (Å²) in [6.45, 7) is 2.33. The number of rotatable bonds is 3. The van der Waals surface area contributed by atoms with Gasteiger partial charge in [0.2, 0.25) is 0 Å². The lowest BCUT2D eigenvalue weighted by Gasteiger charge is -2.06. The van der Waals surface area contributed by atoms with Gasteiger partial charge in [0.25, 0.3) is 0 Å². The summed E-state index contributed by atoms with van der Waals surface area (Å²) in [5.41, 5.74) is 0.584. The minimum atomic E-state index is -0.000697. The lowest BCUT2D eigenvalue weighted by Crippen LogP contribution is -2.10. The molecule has 0 N–H and O–H groups in total.